The zero-order chi connectivity index (χ0) is 24.3. The molecular formula is C25H25Cl2N3O3S. The van der Waals surface area contributed by atoms with Crippen LogP contribution in [0.5, 0.6) is 0 Å². The van der Waals surface area contributed by atoms with Crippen molar-refractivity contribution in [3.05, 3.63) is 93.0 Å². The third-order valence-corrected chi connectivity index (χ3v) is 8.32. The molecule has 0 saturated heterocycles. The van der Waals surface area contributed by atoms with Gasteiger partial charge in [-0.3, -0.25) is 0 Å². The van der Waals surface area contributed by atoms with Crippen molar-refractivity contribution in [3.63, 3.8) is 0 Å². The molecule has 1 atom stereocenters. The summed E-state index contributed by atoms with van der Waals surface area (Å²) < 4.78 is 25.9. The molecule has 0 fully saturated rings. The van der Waals surface area contributed by atoms with Gasteiger partial charge in [0.2, 0.25) is 0 Å². The first-order chi connectivity index (χ1) is 16.2. The minimum atomic E-state index is -3.52. The molecule has 4 rings (SSSR count). The normalized spacial score (nSPS) is 14.2. The van der Waals surface area contributed by atoms with Crippen LogP contribution in [-0.2, 0) is 28.6 Å². The highest BCUT2D eigenvalue weighted by Gasteiger charge is 2.18. The van der Waals surface area contributed by atoms with E-state index in [4.69, 9.17) is 23.2 Å². The topological polar surface area (TPSA) is 87.3 Å². The number of anilines is 1. The quantitative estimate of drug-likeness (QED) is 0.403. The van der Waals surface area contributed by atoms with Crippen molar-refractivity contribution in [2.45, 2.75) is 36.6 Å². The lowest BCUT2D eigenvalue weighted by atomic mass is 9.99. The Morgan fingerprint density at radius 1 is 1.06 bits per heavy atom. The van der Waals surface area contributed by atoms with Gasteiger partial charge >= 0.3 is 6.03 Å². The molecule has 178 valence electrons. The molecule has 1 heterocycles. The molecule has 0 aliphatic carbocycles. The predicted molar refractivity (Wildman–Crippen MR) is 136 cm³/mol. The highest BCUT2D eigenvalue weighted by molar-refractivity contribution is 7.90. The van der Waals surface area contributed by atoms with Crippen LogP contribution < -0.4 is 16.0 Å². The third kappa shape index (κ3) is 5.73. The van der Waals surface area contributed by atoms with Gasteiger partial charge in [0.25, 0.3) is 0 Å². The fourth-order valence-electron chi connectivity index (χ4n) is 3.97. The highest BCUT2D eigenvalue weighted by atomic mass is 35.5. The van der Waals surface area contributed by atoms with Gasteiger partial charge in [-0.25, -0.2) is 13.2 Å². The van der Waals surface area contributed by atoms with Crippen LogP contribution in [-0.4, -0.2) is 21.0 Å². The number of nitrogens with one attached hydrogen (secondary N) is 3. The molecule has 34 heavy (non-hydrogen) atoms. The number of sulfone groups is 1. The fourth-order valence-corrected chi connectivity index (χ4v) is 5.78. The second-order valence-electron chi connectivity index (χ2n) is 8.28. The molecular weight excluding hydrogens is 493 g/mol. The average Bonchev–Trinajstić information content (AvgIpc) is 2.80. The number of carbonyl (C=O) groups is 1. The largest absolute Gasteiger partial charge is 0.331 e. The van der Waals surface area contributed by atoms with Crippen molar-refractivity contribution in [1.82, 2.24) is 10.6 Å². The Labute approximate surface area is 209 Å². The monoisotopic (exact) mass is 517 g/mol. The van der Waals surface area contributed by atoms with Crippen LogP contribution in [0.2, 0.25) is 10.0 Å². The number of halogens is 2. The Morgan fingerprint density at radius 2 is 1.82 bits per heavy atom. The van der Waals surface area contributed by atoms with Crippen molar-refractivity contribution in [2.24, 2.45) is 0 Å². The van der Waals surface area contributed by atoms with E-state index in [0.29, 0.717) is 21.3 Å². The number of urea groups is 1. The van der Waals surface area contributed by atoms with Crippen molar-refractivity contribution in [2.75, 3.05) is 11.9 Å². The summed E-state index contributed by atoms with van der Waals surface area (Å²) in [4.78, 5) is 12.6. The molecule has 1 aliphatic rings. The summed E-state index contributed by atoms with van der Waals surface area (Å²) in [5, 5.41) is 9.62. The second-order valence-corrected chi connectivity index (χ2v) is 11.1. The van der Waals surface area contributed by atoms with E-state index in [1.807, 2.05) is 18.2 Å². The molecule has 3 N–H and O–H groups in total. The molecule has 6 nitrogen and oxygen atoms in total. The van der Waals surface area contributed by atoms with Crippen molar-refractivity contribution in [1.29, 1.82) is 0 Å². The van der Waals surface area contributed by atoms with Gasteiger partial charge in [-0.1, -0.05) is 53.5 Å². The Bertz CT molecular complexity index is 1310. The smallest absolute Gasteiger partial charge is 0.319 e. The summed E-state index contributed by atoms with van der Waals surface area (Å²) in [6, 6.07) is 16.4. The first-order valence-electron chi connectivity index (χ1n) is 10.9. The average molecular weight is 518 g/mol. The van der Waals surface area contributed by atoms with Gasteiger partial charge in [-0.05, 0) is 72.5 Å². The third-order valence-electron chi connectivity index (χ3n) is 5.78. The lowest BCUT2D eigenvalue weighted by Gasteiger charge is -2.18. The highest BCUT2D eigenvalue weighted by Crippen LogP contribution is 2.30. The summed E-state index contributed by atoms with van der Waals surface area (Å²) in [6.07, 6.45) is 0.954. The maximum absolute atomic E-state index is 12.9. The standard InChI is InChI=1S/C25H25Cl2N3O3S/c1-16(22-3-2-4-23(26)24(22)27)29-25(31)30-20-7-9-21(10-8-20)34(32,33)15-17-5-6-18-11-12-28-14-19(18)13-17/h2-10,13,16,28H,11-12,14-15H2,1H3,(H2,29,30,31). The molecule has 9 heteroatoms. The van der Waals surface area contributed by atoms with Crippen molar-refractivity contribution >= 4 is 44.8 Å². The van der Waals surface area contributed by atoms with E-state index in [9.17, 15) is 13.2 Å². The molecule has 0 saturated carbocycles. The van der Waals surface area contributed by atoms with Gasteiger partial charge in [-0.15, -0.1) is 0 Å². The van der Waals surface area contributed by atoms with Crippen LogP contribution >= 0.6 is 23.2 Å². The zero-order valence-electron chi connectivity index (χ0n) is 18.6. The molecule has 0 bridgehead atoms. The number of hydrogen-bond acceptors (Lipinski definition) is 4. The molecule has 1 unspecified atom stereocenters. The first kappa shape index (κ1) is 24.5. The Kier molecular flexibility index (Phi) is 7.48. The van der Waals surface area contributed by atoms with Crippen LogP contribution in [0.25, 0.3) is 0 Å². The second kappa shape index (κ2) is 10.4. The van der Waals surface area contributed by atoms with Gasteiger partial charge in [0.05, 0.1) is 26.7 Å². The van der Waals surface area contributed by atoms with E-state index >= 15 is 0 Å². The number of rotatable bonds is 6. The Morgan fingerprint density at radius 3 is 2.59 bits per heavy atom. The van der Waals surface area contributed by atoms with Crippen LogP contribution in [0.1, 0.15) is 35.2 Å². The molecule has 0 radical (unpaired) electrons. The summed E-state index contributed by atoms with van der Waals surface area (Å²) in [7, 11) is -3.52. The molecule has 3 aromatic carbocycles. The number of carbonyl (C=O) groups excluding carboxylic acids is 1. The van der Waals surface area contributed by atoms with Crippen molar-refractivity contribution < 1.29 is 13.2 Å². The van der Waals surface area contributed by atoms with Crippen LogP contribution in [0.4, 0.5) is 10.5 Å². The van der Waals surface area contributed by atoms with E-state index in [0.717, 1.165) is 30.6 Å². The summed E-state index contributed by atoms with van der Waals surface area (Å²) in [5.41, 5.74) is 4.35. The van der Waals surface area contributed by atoms with Crippen LogP contribution in [0, 0.1) is 0 Å². The van der Waals surface area contributed by atoms with E-state index in [1.54, 1.807) is 37.3 Å². The minimum Gasteiger partial charge on any atom is -0.331 e. The fraction of sp³-hybridized carbons (Fsp3) is 0.240. The summed E-state index contributed by atoms with van der Waals surface area (Å²) in [5.74, 6) is -0.0779. The van der Waals surface area contributed by atoms with E-state index in [1.165, 1.54) is 17.7 Å². The van der Waals surface area contributed by atoms with Gasteiger partial charge < -0.3 is 16.0 Å². The molecule has 1 aliphatic heterocycles. The zero-order valence-corrected chi connectivity index (χ0v) is 20.9. The number of amides is 2. The molecule has 0 aromatic heterocycles. The number of hydrogen-bond donors (Lipinski definition) is 3. The first-order valence-corrected chi connectivity index (χ1v) is 13.3. The number of benzene rings is 3. The van der Waals surface area contributed by atoms with Gasteiger partial charge in [0.1, 0.15) is 0 Å². The predicted octanol–water partition coefficient (Wildman–Crippen LogP) is 5.50. The molecule has 2 amide bonds. The van der Waals surface area contributed by atoms with E-state index in [-0.39, 0.29) is 16.7 Å². The van der Waals surface area contributed by atoms with Gasteiger partial charge in [0, 0.05) is 12.2 Å². The van der Waals surface area contributed by atoms with Crippen molar-refractivity contribution in [3.8, 4) is 0 Å². The Hall–Kier alpha value is -2.58. The molecule has 3 aromatic rings. The molecule has 0 spiro atoms. The van der Waals surface area contributed by atoms with E-state index in [2.05, 4.69) is 16.0 Å². The maximum Gasteiger partial charge on any atom is 0.319 e. The Balaban J connectivity index is 1.39. The maximum atomic E-state index is 12.9. The lowest BCUT2D eigenvalue weighted by molar-refractivity contribution is 0.249. The summed E-state index contributed by atoms with van der Waals surface area (Å²) in [6.45, 7) is 3.49. The summed E-state index contributed by atoms with van der Waals surface area (Å²) >= 11 is 12.3. The minimum absolute atomic E-state index is 0.0779. The van der Waals surface area contributed by atoms with Gasteiger partial charge in [-0.2, -0.15) is 0 Å². The lowest BCUT2D eigenvalue weighted by Crippen LogP contribution is -2.31. The van der Waals surface area contributed by atoms with Crippen LogP contribution in [0.3, 0.4) is 0 Å². The number of fused-ring (bicyclic) bond motifs is 1. The van der Waals surface area contributed by atoms with E-state index < -0.39 is 15.9 Å². The van der Waals surface area contributed by atoms with Crippen LogP contribution in [0.15, 0.2) is 65.6 Å². The van der Waals surface area contributed by atoms with Gasteiger partial charge in [0.15, 0.2) is 9.84 Å². The SMILES string of the molecule is CC(NC(=O)Nc1ccc(S(=O)(=O)Cc2ccc3c(c2)CNCC3)cc1)c1cccc(Cl)c1Cl.